The van der Waals surface area contributed by atoms with Crippen LogP contribution in [0.5, 0.6) is 0 Å². The van der Waals surface area contributed by atoms with Gasteiger partial charge in [0, 0.05) is 12.1 Å². The van der Waals surface area contributed by atoms with Crippen LogP contribution in [0.1, 0.15) is 0 Å². The first kappa shape index (κ1) is 7.52. The summed E-state index contributed by atoms with van der Waals surface area (Å²) < 4.78 is 0. The van der Waals surface area contributed by atoms with Crippen LogP contribution in [0.25, 0.3) is 0 Å². The summed E-state index contributed by atoms with van der Waals surface area (Å²) in [6.07, 6.45) is 9.01. The average Bonchev–Trinajstić information content (AvgIpc) is 2.49. The monoisotopic (exact) mass is 161 g/mol. The van der Waals surface area contributed by atoms with Crippen molar-refractivity contribution < 1.29 is 10.0 Å². The van der Waals surface area contributed by atoms with E-state index in [-0.39, 0.29) is 5.92 Å². The maximum Gasteiger partial charge on any atom is 0.488 e. The fraction of sp³-hybridized carbons (Fsp3) is 0.125. The van der Waals surface area contributed by atoms with Gasteiger partial charge in [0.05, 0.1) is 5.71 Å². The quantitative estimate of drug-likeness (QED) is 0.535. The van der Waals surface area contributed by atoms with Crippen LogP contribution in [0.3, 0.4) is 0 Å². The van der Waals surface area contributed by atoms with Crippen molar-refractivity contribution in [1.82, 2.24) is 0 Å². The lowest BCUT2D eigenvalue weighted by molar-refractivity contribution is 0.420. The van der Waals surface area contributed by atoms with E-state index in [1.165, 1.54) is 0 Å². The van der Waals surface area contributed by atoms with Gasteiger partial charge in [-0.15, -0.1) is 0 Å². The zero-order valence-electron chi connectivity index (χ0n) is 6.38. The van der Waals surface area contributed by atoms with Crippen molar-refractivity contribution in [3.05, 3.63) is 36.0 Å². The first-order valence-electron chi connectivity index (χ1n) is 3.77. The smallest absolute Gasteiger partial charge is 0.423 e. The fourth-order valence-electron chi connectivity index (χ4n) is 1.30. The molecule has 2 N–H and O–H groups in total. The maximum absolute atomic E-state index is 8.86. The summed E-state index contributed by atoms with van der Waals surface area (Å²) in [6, 6.07) is 0. The minimum absolute atomic E-state index is 0.229. The summed E-state index contributed by atoms with van der Waals surface area (Å²) >= 11 is 0. The third-order valence-electron chi connectivity index (χ3n) is 1.97. The summed E-state index contributed by atoms with van der Waals surface area (Å²) in [6.45, 7) is 0. The third-order valence-corrected chi connectivity index (χ3v) is 1.97. The molecular formula is C8H8BNO2. The highest BCUT2D eigenvalue weighted by molar-refractivity contribution is 6.52. The first-order chi connectivity index (χ1) is 5.77. The zero-order valence-corrected chi connectivity index (χ0v) is 6.38. The summed E-state index contributed by atoms with van der Waals surface area (Å²) in [5.41, 5.74) is 1.37. The second kappa shape index (κ2) is 2.73. The SMILES string of the molecule is OB(O)C1=CC2=NC=C[C@H]2C=C1. The Morgan fingerprint density at radius 2 is 2.17 bits per heavy atom. The number of rotatable bonds is 1. The van der Waals surface area contributed by atoms with E-state index in [0.29, 0.717) is 5.47 Å². The van der Waals surface area contributed by atoms with Crippen LogP contribution >= 0.6 is 0 Å². The Morgan fingerprint density at radius 1 is 1.33 bits per heavy atom. The highest BCUT2D eigenvalue weighted by Crippen LogP contribution is 2.20. The second-order valence-electron chi connectivity index (χ2n) is 2.80. The molecule has 4 heteroatoms. The first-order valence-corrected chi connectivity index (χ1v) is 3.77. The van der Waals surface area contributed by atoms with Crippen molar-refractivity contribution in [3.8, 4) is 0 Å². The van der Waals surface area contributed by atoms with E-state index < -0.39 is 7.12 Å². The molecule has 1 aliphatic heterocycles. The molecule has 0 fully saturated rings. The van der Waals surface area contributed by atoms with Gasteiger partial charge in [0.15, 0.2) is 0 Å². The van der Waals surface area contributed by atoms with Gasteiger partial charge in [-0.25, -0.2) is 0 Å². The number of hydrogen-bond donors (Lipinski definition) is 2. The molecule has 1 aliphatic carbocycles. The molecular weight excluding hydrogens is 153 g/mol. The van der Waals surface area contributed by atoms with Crippen molar-refractivity contribution in [1.29, 1.82) is 0 Å². The standard InChI is InChI=1S/C8H8BNO2/c11-9(12)7-2-1-6-3-4-10-8(6)5-7/h1-6,11-12H/t6-/m1/s1. The van der Waals surface area contributed by atoms with Crippen LogP contribution in [0.2, 0.25) is 0 Å². The molecule has 0 spiro atoms. The number of allylic oxidation sites excluding steroid dienone is 5. The predicted octanol–water partition coefficient (Wildman–Crippen LogP) is 0.0791. The molecule has 0 aromatic rings. The van der Waals surface area contributed by atoms with E-state index in [0.717, 1.165) is 5.71 Å². The van der Waals surface area contributed by atoms with Crippen LogP contribution in [-0.4, -0.2) is 22.9 Å². The Labute approximate surface area is 70.6 Å². The molecule has 0 radical (unpaired) electrons. The molecule has 0 unspecified atom stereocenters. The second-order valence-corrected chi connectivity index (χ2v) is 2.80. The maximum atomic E-state index is 8.86. The molecule has 60 valence electrons. The molecule has 0 saturated carbocycles. The van der Waals surface area contributed by atoms with Crippen LogP contribution in [0, 0.1) is 5.92 Å². The van der Waals surface area contributed by atoms with Crippen LogP contribution < -0.4 is 0 Å². The Kier molecular flexibility index (Phi) is 1.71. The van der Waals surface area contributed by atoms with Gasteiger partial charge in [-0.05, 0) is 11.5 Å². The number of fused-ring (bicyclic) bond motifs is 1. The van der Waals surface area contributed by atoms with Crippen molar-refractivity contribution in [2.24, 2.45) is 10.9 Å². The third kappa shape index (κ3) is 1.15. The Bertz CT molecular complexity index is 315. The highest BCUT2D eigenvalue weighted by atomic mass is 16.4. The summed E-state index contributed by atoms with van der Waals surface area (Å²) in [4.78, 5) is 4.08. The zero-order chi connectivity index (χ0) is 8.55. The summed E-state index contributed by atoms with van der Waals surface area (Å²) in [5.74, 6) is 0.229. The largest absolute Gasteiger partial charge is 0.488 e. The van der Waals surface area contributed by atoms with Crippen molar-refractivity contribution in [2.45, 2.75) is 0 Å². The van der Waals surface area contributed by atoms with Gasteiger partial charge in [0.2, 0.25) is 0 Å². The predicted molar refractivity (Wildman–Crippen MR) is 47.5 cm³/mol. The lowest BCUT2D eigenvalue weighted by Crippen LogP contribution is -2.19. The Morgan fingerprint density at radius 3 is 2.92 bits per heavy atom. The van der Waals surface area contributed by atoms with E-state index in [4.69, 9.17) is 10.0 Å². The molecule has 0 bridgehead atoms. The topological polar surface area (TPSA) is 52.8 Å². The average molecular weight is 161 g/mol. The van der Waals surface area contributed by atoms with Gasteiger partial charge in [0.1, 0.15) is 0 Å². The molecule has 3 nitrogen and oxygen atoms in total. The Hall–Kier alpha value is -1.13. The van der Waals surface area contributed by atoms with Crippen molar-refractivity contribution in [2.75, 3.05) is 0 Å². The summed E-state index contributed by atoms with van der Waals surface area (Å²) in [5, 5.41) is 17.7. The molecule has 1 atom stereocenters. The summed E-state index contributed by atoms with van der Waals surface area (Å²) in [7, 11) is -1.40. The molecule has 2 rings (SSSR count). The van der Waals surface area contributed by atoms with Gasteiger partial charge < -0.3 is 10.0 Å². The minimum Gasteiger partial charge on any atom is -0.423 e. The van der Waals surface area contributed by atoms with E-state index in [1.54, 1.807) is 18.4 Å². The molecule has 1 heterocycles. The van der Waals surface area contributed by atoms with E-state index in [2.05, 4.69) is 4.99 Å². The van der Waals surface area contributed by atoms with Crippen LogP contribution in [0.4, 0.5) is 0 Å². The lowest BCUT2D eigenvalue weighted by Gasteiger charge is -2.10. The van der Waals surface area contributed by atoms with Gasteiger partial charge in [-0.3, -0.25) is 4.99 Å². The molecule has 0 aromatic heterocycles. The van der Waals surface area contributed by atoms with Crippen molar-refractivity contribution >= 4 is 12.8 Å². The number of hydrogen-bond acceptors (Lipinski definition) is 3. The molecule has 2 aliphatic rings. The molecule has 12 heavy (non-hydrogen) atoms. The van der Waals surface area contributed by atoms with Crippen LogP contribution in [-0.2, 0) is 0 Å². The van der Waals surface area contributed by atoms with Gasteiger partial charge >= 0.3 is 7.12 Å². The highest BCUT2D eigenvalue weighted by Gasteiger charge is 2.21. The fourth-order valence-corrected chi connectivity index (χ4v) is 1.30. The normalized spacial score (nSPS) is 25.0. The van der Waals surface area contributed by atoms with E-state index >= 15 is 0 Å². The number of nitrogens with zero attached hydrogens (tertiary/aromatic N) is 1. The van der Waals surface area contributed by atoms with Crippen LogP contribution in [0.15, 0.2) is 41.0 Å². The molecule has 0 aromatic carbocycles. The minimum atomic E-state index is -1.40. The Balaban J connectivity index is 2.28. The van der Waals surface area contributed by atoms with E-state index in [1.807, 2.05) is 12.2 Å². The van der Waals surface area contributed by atoms with E-state index in [9.17, 15) is 0 Å². The molecule has 0 saturated heterocycles. The van der Waals surface area contributed by atoms with Gasteiger partial charge in [0.25, 0.3) is 0 Å². The van der Waals surface area contributed by atoms with Gasteiger partial charge in [-0.1, -0.05) is 18.2 Å². The lowest BCUT2D eigenvalue weighted by atomic mass is 9.75. The van der Waals surface area contributed by atoms with Gasteiger partial charge in [-0.2, -0.15) is 0 Å². The molecule has 0 amide bonds. The number of aliphatic imine (C=N–C) groups is 1. The van der Waals surface area contributed by atoms with Crippen molar-refractivity contribution in [3.63, 3.8) is 0 Å².